The molecule has 0 aromatic heterocycles. The SMILES string of the molecule is CCCOc1ccc([C@@H](O)[C@@H](CN2CCCC2)c2ccccc2)cc1. The molecule has 3 heteroatoms. The third-order valence-corrected chi connectivity index (χ3v) is 4.96. The molecule has 0 unspecified atom stereocenters. The molecule has 134 valence electrons. The Morgan fingerprint density at radius 1 is 0.960 bits per heavy atom. The molecule has 2 aromatic carbocycles. The fourth-order valence-corrected chi connectivity index (χ4v) is 3.54. The molecule has 1 aliphatic rings. The van der Waals surface area contributed by atoms with Gasteiger partial charge in [0.2, 0.25) is 0 Å². The fraction of sp³-hybridized carbons (Fsp3) is 0.455. The summed E-state index contributed by atoms with van der Waals surface area (Å²) >= 11 is 0. The van der Waals surface area contributed by atoms with E-state index in [1.165, 1.54) is 18.4 Å². The van der Waals surface area contributed by atoms with Gasteiger partial charge in [0.25, 0.3) is 0 Å². The molecular weight excluding hydrogens is 310 g/mol. The molecule has 0 bridgehead atoms. The lowest BCUT2D eigenvalue weighted by atomic mass is 9.88. The van der Waals surface area contributed by atoms with Gasteiger partial charge in [-0.05, 0) is 55.6 Å². The second kappa shape index (κ2) is 9.02. The Bertz CT molecular complexity index is 620. The van der Waals surface area contributed by atoms with Gasteiger partial charge in [0.15, 0.2) is 0 Å². The number of likely N-dealkylation sites (tertiary alicyclic amines) is 1. The summed E-state index contributed by atoms with van der Waals surface area (Å²) in [6.45, 7) is 6.00. The summed E-state index contributed by atoms with van der Waals surface area (Å²) in [4.78, 5) is 2.47. The van der Waals surface area contributed by atoms with Crippen LogP contribution >= 0.6 is 0 Å². The number of aliphatic hydroxyl groups is 1. The van der Waals surface area contributed by atoms with Gasteiger partial charge in [-0.3, -0.25) is 0 Å². The topological polar surface area (TPSA) is 32.7 Å². The van der Waals surface area contributed by atoms with Gasteiger partial charge >= 0.3 is 0 Å². The Morgan fingerprint density at radius 2 is 1.64 bits per heavy atom. The molecule has 2 atom stereocenters. The predicted octanol–water partition coefficient (Wildman–Crippen LogP) is 4.39. The molecule has 0 saturated carbocycles. The normalized spacial score (nSPS) is 17.4. The Kier molecular flexibility index (Phi) is 6.48. The van der Waals surface area contributed by atoms with E-state index in [2.05, 4.69) is 36.1 Å². The Labute approximate surface area is 151 Å². The largest absolute Gasteiger partial charge is 0.494 e. The highest BCUT2D eigenvalue weighted by molar-refractivity contribution is 5.32. The van der Waals surface area contributed by atoms with Crippen LogP contribution in [0.1, 0.15) is 49.3 Å². The second-order valence-electron chi connectivity index (χ2n) is 6.89. The maximum absolute atomic E-state index is 11.1. The Morgan fingerprint density at radius 3 is 2.28 bits per heavy atom. The quantitative estimate of drug-likeness (QED) is 0.774. The van der Waals surface area contributed by atoms with Crippen molar-refractivity contribution in [3.05, 3.63) is 65.7 Å². The molecule has 1 aliphatic heterocycles. The van der Waals surface area contributed by atoms with Crippen LogP contribution < -0.4 is 4.74 Å². The number of hydrogen-bond acceptors (Lipinski definition) is 3. The lowest BCUT2D eigenvalue weighted by molar-refractivity contribution is 0.123. The maximum atomic E-state index is 11.1. The Hall–Kier alpha value is -1.84. The van der Waals surface area contributed by atoms with Crippen LogP contribution in [-0.4, -0.2) is 36.2 Å². The van der Waals surface area contributed by atoms with Crippen LogP contribution in [0.15, 0.2) is 54.6 Å². The van der Waals surface area contributed by atoms with E-state index < -0.39 is 6.10 Å². The average molecular weight is 339 g/mol. The highest BCUT2D eigenvalue weighted by Crippen LogP contribution is 2.33. The van der Waals surface area contributed by atoms with Gasteiger partial charge in [0.1, 0.15) is 5.75 Å². The molecule has 1 saturated heterocycles. The van der Waals surface area contributed by atoms with Crippen LogP contribution in [0.4, 0.5) is 0 Å². The molecular formula is C22H29NO2. The van der Waals surface area contributed by atoms with Crippen molar-refractivity contribution < 1.29 is 9.84 Å². The highest BCUT2D eigenvalue weighted by Gasteiger charge is 2.26. The molecule has 0 aliphatic carbocycles. The van der Waals surface area contributed by atoms with Crippen LogP contribution in [-0.2, 0) is 0 Å². The smallest absolute Gasteiger partial charge is 0.119 e. The van der Waals surface area contributed by atoms with Crippen molar-refractivity contribution in [2.45, 2.75) is 38.2 Å². The van der Waals surface area contributed by atoms with E-state index in [0.717, 1.165) is 44.0 Å². The molecule has 3 rings (SSSR count). The van der Waals surface area contributed by atoms with Crippen molar-refractivity contribution in [2.24, 2.45) is 0 Å². The van der Waals surface area contributed by atoms with Crippen molar-refractivity contribution in [1.82, 2.24) is 4.90 Å². The minimum absolute atomic E-state index is 0.0849. The van der Waals surface area contributed by atoms with Crippen LogP contribution in [0.25, 0.3) is 0 Å². The van der Waals surface area contributed by atoms with E-state index in [9.17, 15) is 5.11 Å². The molecule has 3 nitrogen and oxygen atoms in total. The first-order valence-electron chi connectivity index (χ1n) is 9.46. The monoisotopic (exact) mass is 339 g/mol. The number of benzene rings is 2. The van der Waals surface area contributed by atoms with Crippen molar-refractivity contribution in [3.8, 4) is 5.75 Å². The summed E-state index contributed by atoms with van der Waals surface area (Å²) in [5.74, 6) is 0.954. The zero-order valence-electron chi connectivity index (χ0n) is 15.1. The van der Waals surface area contributed by atoms with Gasteiger partial charge in [-0.2, -0.15) is 0 Å². The Balaban J connectivity index is 1.76. The van der Waals surface area contributed by atoms with Gasteiger partial charge in [0, 0.05) is 12.5 Å². The molecule has 0 radical (unpaired) electrons. The van der Waals surface area contributed by atoms with Gasteiger partial charge in [-0.15, -0.1) is 0 Å². The minimum atomic E-state index is -0.511. The summed E-state index contributed by atoms with van der Waals surface area (Å²) in [5, 5.41) is 11.1. The number of ether oxygens (including phenoxy) is 1. The average Bonchev–Trinajstić information content (AvgIpc) is 3.18. The standard InChI is InChI=1S/C22H29NO2/c1-2-16-25-20-12-10-19(11-13-20)22(24)21(17-23-14-6-7-15-23)18-8-4-3-5-9-18/h3-5,8-13,21-22,24H,2,6-7,14-17H2,1H3/t21-,22+/m0/s1. The molecule has 1 fully saturated rings. The highest BCUT2D eigenvalue weighted by atomic mass is 16.5. The molecule has 1 heterocycles. The molecule has 0 amide bonds. The number of rotatable bonds is 8. The summed E-state index contributed by atoms with van der Waals surface area (Å²) in [5.41, 5.74) is 2.16. The van der Waals surface area contributed by atoms with Gasteiger partial charge < -0.3 is 14.7 Å². The van der Waals surface area contributed by atoms with Crippen LogP contribution in [0, 0.1) is 0 Å². The van der Waals surface area contributed by atoms with E-state index in [-0.39, 0.29) is 5.92 Å². The van der Waals surface area contributed by atoms with Gasteiger partial charge in [-0.1, -0.05) is 49.4 Å². The summed E-state index contributed by atoms with van der Waals surface area (Å²) < 4.78 is 5.65. The van der Waals surface area contributed by atoms with Crippen LogP contribution in [0.2, 0.25) is 0 Å². The molecule has 25 heavy (non-hydrogen) atoms. The fourth-order valence-electron chi connectivity index (χ4n) is 3.54. The zero-order valence-corrected chi connectivity index (χ0v) is 15.1. The van der Waals surface area contributed by atoms with Crippen LogP contribution in [0.5, 0.6) is 5.75 Å². The van der Waals surface area contributed by atoms with Gasteiger partial charge in [0.05, 0.1) is 12.7 Å². The van der Waals surface area contributed by atoms with Gasteiger partial charge in [-0.25, -0.2) is 0 Å². The van der Waals surface area contributed by atoms with Crippen LogP contribution in [0.3, 0.4) is 0 Å². The summed E-state index contributed by atoms with van der Waals surface area (Å²) in [6, 6.07) is 18.3. The summed E-state index contributed by atoms with van der Waals surface area (Å²) in [7, 11) is 0. The maximum Gasteiger partial charge on any atom is 0.119 e. The second-order valence-corrected chi connectivity index (χ2v) is 6.89. The zero-order chi connectivity index (χ0) is 17.5. The predicted molar refractivity (Wildman–Crippen MR) is 102 cm³/mol. The first kappa shape index (κ1) is 18.0. The summed E-state index contributed by atoms with van der Waals surface area (Å²) in [6.07, 6.45) is 3.02. The van der Waals surface area contributed by atoms with E-state index in [1.54, 1.807) is 0 Å². The lowest BCUT2D eigenvalue weighted by Gasteiger charge is -2.28. The molecule has 1 N–H and O–H groups in total. The first-order chi connectivity index (χ1) is 12.3. The van der Waals surface area contributed by atoms with Crippen molar-refractivity contribution in [3.63, 3.8) is 0 Å². The van der Waals surface area contributed by atoms with Crippen molar-refractivity contribution in [1.29, 1.82) is 0 Å². The molecule has 2 aromatic rings. The number of hydrogen-bond donors (Lipinski definition) is 1. The van der Waals surface area contributed by atoms with Crippen molar-refractivity contribution >= 4 is 0 Å². The third-order valence-electron chi connectivity index (χ3n) is 4.96. The van der Waals surface area contributed by atoms with E-state index in [0.29, 0.717) is 0 Å². The van der Waals surface area contributed by atoms with E-state index in [4.69, 9.17) is 4.74 Å². The molecule has 0 spiro atoms. The van der Waals surface area contributed by atoms with E-state index in [1.807, 2.05) is 30.3 Å². The van der Waals surface area contributed by atoms with E-state index >= 15 is 0 Å². The number of nitrogens with zero attached hydrogens (tertiary/aromatic N) is 1. The third kappa shape index (κ3) is 4.83. The first-order valence-corrected chi connectivity index (χ1v) is 9.46. The number of aliphatic hydroxyl groups excluding tert-OH is 1. The minimum Gasteiger partial charge on any atom is -0.494 e. The lowest BCUT2D eigenvalue weighted by Crippen LogP contribution is -2.29. The van der Waals surface area contributed by atoms with Crippen molar-refractivity contribution in [2.75, 3.05) is 26.2 Å².